The van der Waals surface area contributed by atoms with E-state index in [1.165, 1.54) is 7.05 Å². The summed E-state index contributed by atoms with van der Waals surface area (Å²) in [4.78, 5) is 35.9. The third-order valence-corrected chi connectivity index (χ3v) is 4.96. The minimum absolute atomic E-state index is 0.104. The lowest BCUT2D eigenvalue weighted by atomic mass is 9.74. The highest BCUT2D eigenvalue weighted by molar-refractivity contribution is 6.51. The van der Waals surface area contributed by atoms with E-state index in [0.29, 0.717) is 22.2 Å². The average molecular weight is 460 g/mol. The monoisotopic (exact) mass is 459 g/mol. The van der Waals surface area contributed by atoms with Crippen LogP contribution in [0.5, 0.6) is 0 Å². The van der Waals surface area contributed by atoms with E-state index < -0.39 is 37.1 Å². The zero-order valence-electron chi connectivity index (χ0n) is 16.8. The predicted octanol–water partition coefficient (Wildman–Crippen LogP) is 1.58. The number of hydrogen-bond donors (Lipinski definition) is 4. The van der Waals surface area contributed by atoms with Gasteiger partial charge in [-0.25, -0.2) is 0 Å². The number of carbonyl (C=O) groups excluding carboxylic acids is 2. The summed E-state index contributed by atoms with van der Waals surface area (Å²) in [5.74, 6) is -2.94. The number of likely N-dealkylation sites (N-methyl/N-ethyl adjacent to an activating group) is 1. The lowest BCUT2D eigenvalue weighted by Gasteiger charge is -2.22. The number of carboxylic acids is 1. The van der Waals surface area contributed by atoms with Gasteiger partial charge >= 0.3 is 19.1 Å². The first-order valence-corrected chi connectivity index (χ1v) is 10.1. The molecule has 0 radical (unpaired) electrons. The number of halogens is 2. The maximum atomic E-state index is 12.5. The summed E-state index contributed by atoms with van der Waals surface area (Å²) in [7, 11) is 0.307. The summed E-state index contributed by atoms with van der Waals surface area (Å²) in [6.45, 7) is 3.77. The number of hydrogen-bond acceptors (Lipinski definition) is 7. The zero-order chi connectivity index (χ0) is 22.4. The van der Waals surface area contributed by atoms with Crippen molar-refractivity contribution in [2.24, 2.45) is 5.92 Å². The molecule has 0 bridgehead atoms. The van der Waals surface area contributed by atoms with Crippen LogP contribution in [0.1, 0.15) is 20.3 Å². The van der Waals surface area contributed by atoms with Crippen LogP contribution < -0.4 is 16.0 Å². The lowest BCUT2D eigenvalue weighted by molar-refractivity contribution is -0.148. The molecule has 1 heterocycles. The van der Waals surface area contributed by atoms with Crippen LogP contribution in [0.2, 0.25) is 10.0 Å². The Balaban J connectivity index is 2.03. The second-order valence-corrected chi connectivity index (χ2v) is 8.09. The van der Waals surface area contributed by atoms with Crippen molar-refractivity contribution in [1.82, 2.24) is 10.6 Å². The number of benzene rings is 1. The number of aliphatic carboxylic acids is 1. The molecule has 1 amide bonds. The number of amides is 1. The second-order valence-electron chi connectivity index (χ2n) is 7.25. The molecule has 0 saturated carbocycles. The van der Waals surface area contributed by atoms with E-state index in [-0.39, 0.29) is 18.4 Å². The fraction of sp³-hybridized carbons (Fsp3) is 0.500. The molecule has 1 saturated heterocycles. The number of anilines is 1. The van der Waals surface area contributed by atoms with Crippen LogP contribution in [0.25, 0.3) is 0 Å². The van der Waals surface area contributed by atoms with Gasteiger partial charge in [-0.1, -0.05) is 37.0 Å². The molecule has 3 atom stereocenters. The van der Waals surface area contributed by atoms with E-state index in [0.717, 1.165) is 0 Å². The van der Waals surface area contributed by atoms with Crippen LogP contribution in [0.3, 0.4) is 0 Å². The Bertz CT molecular complexity index is 797. The van der Waals surface area contributed by atoms with Gasteiger partial charge in [0.15, 0.2) is 6.10 Å². The highest BCUT2D eigenvalue weighted by Gasteiger charge is 2.50. The van der Waals surface area contributed by atoms with Gasteiger partial charge in [-0.3, -0.25) is 14.4 Å². The van der Waals surface area contributed by atoms with Gasteiger partial charge in [0.1, 0.15) is 6.04 Å². The normalized spacial score (nSPS) is 18.1. The SMILES string of the molecule is CN[C@@H](C(=O)O)[C@H]1OB([C@H](CC(C)C)NC(=O)CNc2cc(Cl)ccc2Cl)OC1=O. The Morgan fingerprint density at radius 2 is 2.00 bits per heavy atom. The summed E-state index contributed by atoms with van der Waals surface area (Å²) in [6, 6.07) is 3.58. The van der Waals surface area contributed by atoms with Crippen LogP contribution >= 0.6 is 23.2 Å². The van der Waals surface area contributed by atoms with E-state index in [1.54, 1.807) is 18.2 Å². The first-order valence-electron chi connectivity index (χ1n) is 9.36. The van der Waals surface area contributed by atoms with Crippen molar-refractivity contribution in [2.75, 3.05) is 18.9 Å². The van der Waals surface area contributed by atoms with E-state index >= 15 is 0 Å². The molecule has 0 aliphatic carbocycles. The van der Waals surface area contributed by atoms with Crippen molar-refractivity contribution in [3.05, 3.63) is 28.2 Å². The standard InChI is InChI=1S/C18H24BCl2N3O6/c1-9(2)6-13(19-29-16(18(28)30-19)15(22-3)17(26)27)24-14(25)8-23-12-7-10(20)4-5-11(12)21/h4-5,7,9,13,15-16,22-23H,6,8H2,1-3H3,(H,24,25)(H,26,27)/t13-,15+,16+/m0/s1. The van der Waals surface area contributed by atoms with Crippen LogP contribution in [0.4, 0.5) is 5.69 Å². The molecule has 12 heteroatoms. The molecular weight excluding hydrogens is 436 g/mol. The van der Waals surface area contributed by atoms with Gasteiger partial charge in [0.25, 0.3) is 0 Å². The first kappa shape index (κ1) is 24.3. The third kappa shape index (κ3) is 6.50. The number of rotatable bonds is 10. The summed E-state index contributed by atoms with van der Waals surface area (Å²) in [5.41, 5.74) is 0.502. The van der Waals surface area contributed by atoms with Gasteiger partial charge in [-0.15, -0.1) is 0 Å². The molecule has 1 aliphatic heterocycles. The Morgan fingerprint density at radius 3 is 2.60 bits per heavy atom. The first-order chi connectivity index (χ1) is 14.1. The maximum Gasteiger partial charge on any atom is 0.552 e. The molecule has 4 N–H and O–H groups in total. The van der Waals surface area contributed by atoms with Gasteiger partial charge in [0.05, 0.1) is 23.2 Å². The second kappa shape index (κ2) is 10.9. The zero-order valence-corrected chi connectivity index (χ0v) is 18.3. The van der Waals surface area contributed by atoms with Gasteiger partial charge in [0.2, 0.25) is 5.91 Å². The van der Waals surface area contributed by atoms with Gasteiger partial charge in [0, 0.05) is 5.02 Å². The Hall–Kier alpha value is -2.01. The summed E-state index contributed by atoms with van der Waals surface area (Å²) < 4.78 is 10.8. The average Bonchev–Trinajstić information content (AvgIpc) is 3.03. The van der Waals surface area contributed by atoms with Gasteiger partial charge in [-0.05, 0) is 37.6 Å². The van der Waals surface area contributed by atoms with Crippen molar-refractivity contribution >= 4 is 53.9 Å². The van der Waals surface area contributed by atoms with E-state index in [2.05, 4.69) is 16.0 Å². The van der Waals surface area contributed by atoms with Crippen molar-refractivity contribution in [3.63, 3.8) is 0 Å². The molecule has 0 unspecified atom stereocenters. The fourth-order valence-corrected chi connectivity index (χ4v) is 3.37. The Kier molecular flexibility index (Phi) is 8.78. The third-order valence-electron chi connectivity index (χ3n) is 4.39. The Morgan fingerprint density at radius 1 is 1.30 bits per heavy atom. The molecule has 164 valence electrons. The van der Waals surface area contributed by atoms with Crippen LogP contribution in [-0.2, 0) is 23.7 Å². The molecule has 2 rings (SSSR count). The molecule has 9 nitrogen and oxygen atoms in total. The summed E-state index contributed by atoms with van der Waals surface area (Å²) >= 11 is 12.0. The van der Waals surface area contributed by atoms with Gasteiger partial charge < -0.3 is 30.4 Å². The molecule has 1 aliphatic rings. The molecule has 1 fully saturated rings. The maximum absolute atomic E-state index is 12.5. The molecule has 0 spiro atoms. The number of carbonyl (C=O) groups is 3. The minimum atomic E-state index is -1.31. The summed E-state index contributed by atoms with van der Waals surface area (Å²) in [5, 5.41) is 18.3. The van der Waals surface area contributed by atoms with Crippen molar-refractivity contribution in [2.45, 2.75) is 38.4 Å². The highest BCUT2D eigenvalue weighted by atomic mass is 35.5. The van der Waals surface area contributed by atoms with Gasteiger partial charge in [-0.2, -0.15) is 0 Å². The number of nitrogens with one attached hydrogen (secondary N) is 3. The predicted molar refractivity (Wildman–Crippen MR) is 114 cm³/mol. The largest absolute Gasteiger partial charge is 0.552 e. The van der Waals surface area contributed by atoms with Crippen molar-refractivity contribution in [3.8, 4) is 0 Å². The van der Waals surface area contributed by atoms with E-state index in [9.17, 15) is 19.5 Å². The minimum Gasteiger partial charge on any atom is -0.506 e. The van der Waals surface area contributed by atoms with E-state index in [1.807, 2.05) is 13.8 Å². The van der Waals surface area contributed by atoms with Crippen molar-refractivity contribution < 1.29 is 28.8 Å². The number of carboxylic acid groups (broad SMARTS) is 1. The summed E-state index contributed by atoms with van der Waals surface area (Å²) in [6.07, 6.45) is -0.863. The molecule has 0 aromatic heterocycles. The van der Waals surface area contributed by atoms with Crippen molar-refractivity contribution in [1.29, 1.82) is 0 Å². The topological polar surface area (TPSA) is 126 Å². The van der Waals surface area contributed by atoms with E-state index in [4.69, 9.17) is 32.5 Å². The quantitative estimate of drug-likeness (QED) is 0.388. The Labute approximate surface area is 184 Å². The highest BCUT2D eigenvalue weighted by Crippen LogP contribution is 2.25. The fourth-order valence-electron chi connectivity index (χ4n) is 3.02. The molecule has 1 aromatic carbocycles. The molecule has 30 heavy (non-hydrogen) atoms. The lowest BCUT2D eigenvalue weighted by Crippen LogP contribution is -2.51. The molecular formula is C18H24BCl2N3O6. The molecule has 1 aromatic rings. The van der Waals surface area contributed by atoms with Crippen LogP contribution in [-0.4, -0.2) is 61.8 Å². The van der Waals surface area contributed by atoms with Crippen LogP contribution in [0, 0.1) is 5.92 Å². The van der Waals surface area contributed by atoms with Crippen LogP contribution in [0.15, 0.2) is 18.2 Å². The smallest absolute Gasteiger partial charge is 0.506 e.